The van der Waals surface area contributed by atoms with E-state index in [2.05, 4.69) is 46.9 Å². The summed E-state index contributed by atoms with van der Waals surface area (Å²) in [5, 5.41) is 8.64. The molecule has 0 aromatic heterocycles. The number of carbonyl (C=O) groups excluding carboxylic acids is 1. The fraction of sp³-hybridized carbons (Fsp3) is 0.120. The highest BCUT2D eigenvalue weighted by atomic mass is 16.5. The maximum atomic E-state index is 12.2. The van der Waals surface area contributed by atoms with Crippen LogP contribution in [-0.4, -0.2) is 18.7 Å². The predicted octanol–water partition coefficient (Wildman–Crippen LogP) is 5.14. The molecule has 0 atom stereocenters. The van der Waals surface area contributed by atoms with E-state index in [-0.39, 0.29) is 12.5 Å². The lowest BCUT2D eigenvalue weighted by Crippen LogP contribution is -2.24. The molecule has 4 aromatic carbocycles. The summed E-state index contributed by atoms with van der Waals surface area (Å²) in [7, 11) is 0. The Balaban J connectivity index is 1.51. The number of nitrogens with one attached hydrogen (secondary N) is 1. The predicted molar refractivity (Wildman–Crippen MR) is 119 cm³/mol. The van der Waals surface area contributed by atoms with E-state index in [0.29, 0.717) is 5.75 Å². The van der Waals surface area contributed by atoms with Crippen LogP contribution in [-0.2, 0) is 4.79 Å². The third-order valence-corrected chi connectivity index (χ3v) is 4.76. The third-order valence-electron chi connectivity index (χ3n) is 4.76. The topological polar surface area (TPSA) is 50.7 Å². The van der Waals surface area contributed by atoms with Gasteiger partial charge in [-0.1, -0.05) is 54.6 Å². The quantitative estimate of drug-likeness (QED) is 0.295. The number of aryl methyl sites for hydroxylation is 2. The van der Waals surface area contributed by atoms with Crippen molar-refractivity contribution >= 4 is 33.7 Å². The smallest absolute Gasteiger partial charge is 0.277 e. The van der Waals surface area contributed by atoms with E-state index in [4.69, 9.17) is 4.74 Å². The van der Waals surface area contributed by atoms with E-state index in [1.807, 2.05) is 50.2 Å². The van der Waals surface area contributed by atoms with Crippen molar-refractivity contribution in [2.24, 2.45) is 5.10 Å². The van der Waals surface area contributed by atoms with Gasteiger partial charge in [-0.3, -0.25) is 4.79 Å². The lowest BCUT2D eigenvalue weighted by atomic mass is 9.97. The second kappa shape index (κ2) is 8.15. The average molecular weight is 382 g/mol. The summed E-state index contributed by atoms with van der Waals surface area (Å²) in [5.41, 5.74) is 5.74. The van der Waals surface area contributed by atoms with Crippen molar-refractivity contribution in [3.8, 4) is 5.75 Å². The molecular formula is C25H22N2O2. The van der Waals surface area contributed by atoms with Crippen molar-refractivity contribution in [3.63, 3.8) is 0 Å². The molecule has 0 unspecified atom stereocenters. The zero-order chi connectivity index (χ0) is 20.2. The minimum Gasteiger partial charge on any atom is -0.484 e. The molecule has 4 heteroatoms. The van der Waals surface area contributed by atoms with Gasteiger partial charge in [-0.05, 0) is 64.7 Å². The van der Waals surface area contributed by atoms with Crippen molar-refractivity contribution in [1.82, 2.24) is 5.43 Å². The maximum Gasteiger partial charge on any atom is 0.277 e. The summed E-state index contributed by atoms with van der Waals surface area (Å²) in [4.78, 5) is 12.2. The van der Waals surface area contributed by atoms with E-state index in [1.165, 1.54) is 0 Å². The number of carbonyl (C=O) groups is 1. The molecule has 0 radical (unpaired) electrons. The lowest BCUT2D eigenvalue weighted by molar-refractivity contribution is -0.123. The fourth-order valence-corrected chi connectivity index (χ4v) is 3.55. The number of benzene rings is 4. The van der Waals surface area contributed by atoms with Crippen molar-refractivity contribution in [2.45, 2.75) is 13.8 Å². The van der Waals surface area contributed by atoms with Crippen molar-refractivity contribution in [2.75, 3.05) is 6.61 Å². The highest BCUT2D eigenvalue weighted by Gasteiger charge is 2.06. The van der Waals surface area contributed by atoms with Crippen LogP contribution in [0.25, 0.3) is 21.5 Å². The molecule has 0 saturated heterocycles. The zero-order valence-electron chi connectivity index (χ0n) is 16.5. The van der Waals surface area contributed by atoms with Crippen molar-refractivity contribution in [3.05, 3.63) is 89.5 Å². The third kappa shape index (κ3) is 4.27. The molecule has 1 amide bonds. The van der Waals surface area contributed by atoms with Crippen LogP contribution in [0, 0.1) is 13.8 Å². The Kier molecular flexibility index (Phi) is 5.25. The maximum absolute atomic E-state index is 12.2. The molecule has 0 bridgehead atoms. The number of amides is 1. The standard InChI is InChI=1S/C25H22N2O2/c1-17-11-18(2)13-21(12-17)29-16-25(28)27-26-15-24-22-9-5-3-7-19(22)14-20-8-4-6-10-23(20)24/h3-15H,16H2,1-2H3,(H,27,28)/b26-15+. The van der Waals surface area contributed by atoms with E-state index < -0.39 is 0 Å². The Bertz CT molecular complexity index is 1150. The molecule has 4 aromatic rings. The zero-order valence-corrected chi connectivity index (χ0v) is 16.5. The molecule has 4 rings (SSSR count). The largest absolute Gasteiger partial charge is 0.484 e. The van der Waals surface area contributed by atoms with Crippen molar-refractivity contribution in [1.29, 1.82) is 0 Å². The number of hydrazone groups is 1. The molecule has 0 heterocycles. The van der Waals surface area contributed by atoms with Gasteiger partial charge < -0.3 is 4.74 Å². The second-order valence-electron chi connectivity index (χ2n) is 7.14. The number of hydrogen-bond donors (Lipinski definition) is 1. The first-order valence-corrected chi connectivity index (χ1v) is 9.54. The first-order chi connectivity index (χ1) is 14.1. The summed E-state index contributed by atoms with van der Waals surface area (Å²) < 4.78 is 5.59. The van der Waals surface area contributed by atoms with Gasteiger partial charge in [-0.25, -0.2) is 5.43 Å². The first-order valence-electron chi connectivity index (χ1n) is 9.54. The van der Waals surface area contributed by atoms with Gasteiger partial charge in [0.15, 0.2) is 6.61 Å². The summed E-state index contributed by atoms with van der Waals surface area (Å²) in [5.74, 6) is 0.381. The van der Waals surface area contributed by atoms with Crippen LogP contribution in [0.3, 0.4) is 0 Å². The van der Waals surface area contributed by atoms with E-state index in [1.54, 1.807) is 6.21 Å². The monoisotopic (exact) mass is 382 g/mol. The number of ether oxygens (including phenoxy) is 1. The Morgan fingerprint density at radius 3 is 2.10 bits per heavy atom. The van der Waals surface area contributed by atoms with Gasteiger partial charge in [-0.2, -0.15) is 5.10 Å². The fourth-order valence-electron chi connectivity index (χ4n) is 3.55. The van der Waals surface area contributed by atoms with E-state index in [0.717, 1.165) is 38.2 Å². The van der Waals surface area contributed by atoms with Gasteiger partial charge in [0, 0.05) is 5.56 Å². The molecule has 0 fully saturated rings. The van der Waals surface area contributed by atoms with Crippen LogP contribution in [0.4, 0.5) is 0 Å². The molecule has 4 nitrogen and oxygen atoms in total. The summed E-state index contributed by atoms with van der Waals surface area (Å²) in [6.45, 7) is 3.91. The Hall–Kier alpha value is -3.66. The molecule has 0 aliphatic carbocycles. The normalized spacial score (nSPS) is 11.2. The van der Waals surface area contributed by atoms with Crippen LogP contribution in [0.15, 0.2) is 77.9 Å². The minimum absolute atomic E-state index is 0.0868. The Morgan fingerprint density at radius 2 is 1.48 bits per heavy atom. The molecule has 1 N–H and O–H groups in total. The Morgan fingerprint density at radius 1 is 0.897 bits per heavy atom. The Labute approximate surface area is 169 Å². The summed E-state index contributed by atoms with van der Waals surface area (Å²) in [6.07, 6.45) is 1.71. The average Bonchev–Trinajstić information content (AvgIpc) is 2.71. The van der Waals surface area contributed by atoms with Crippen LogP contribution in [0.1, 0.15) is 16.7 Å². The van der Waals surface area contributed by atoms with Gasteiger partial charge in [0.2, 0.25) is 0 Å². The van der Waals surface area contributed by atoms with Gasteiger partial charge in [-0.15, -0.1) is 0 Å². The van der Waals surface area contributed by atoms with Crippen LogP contribution >= 0.6 is 0 Å². The van der Waals surface area contributed by atoms with Crippen LogP contribution in [0.2, 0.25) is 0 Å². The second-order valence-corrected chi connectivity index (χ2v) is 7.14. The summed E-state index contributed by atoms with van der Waals surface area (Å²) >= 11 is 0. The van der Waals surface area contributed by atoms with Crippen LogP contribution < -0.4 is 10.2 Å². The van der Waals surface area contributed by atoms with Gasteiger partial charge in [0.05, 0.1) is 6.21 Å². The SMILES string of the molecule is Cc1cc(C)cc(OCC(=O)N/N=C/c2c3ccccc3cc3ccccc23)c1. The molecular weight excluding hydrogens is 360 g/mol. The first kappa shape index (κ1) is 18.7. The van der Waals surface area contributed by atoms with Gasteiger partial charge in [0.1, 0.15) is 5.75 Å². The number of fused-ring (bicyclic) bond motifs is 2. The number of hydrogen-bond acceptors (Lipinski definition) is 3. The van der Waals surface area contributed by atoms with E-state index in [9.17, 15) is 4.79 Å². The van der Waals surface area contributed by atoms with Crippen LogP contribution in [0.5, 0.6) is 5.75 Å². The van der Waals surface area contributed by atoms with Gasteiger partial charge >= 0.3 is 0 Å². The molecule has 0 spiro atoms. The highest BCUT2D eigenvalue weighted by molar-refractivity contribution is 6.13. The molecule has 29 heavy (non-hydrogen) atoms. The minimum atomic E-state index is -0.301. The lowest BCUT2D eigenvalue weighted by Gasteiger charge is -2.08. The van der Waals surface area contributed by atoms with Crippen molar-refractivity contribution < 1.29 is 9.53 Å². The number of nitrogens with zero attached hydrogens (tertiary/aromatic N) is 1. The molecule has 0 aliphatic heterocycles. The molecule has 0 aliphatic rings. The van der Waals surface area contributed by atoms with E-state index >= 15 is 0 Å². The molecule has 0 saturated carbocycles. The summed E-state index contributed by atoms with van der Waals surface area (Å²) in [6, 6.07) is 24.4. The van der Waals surface area contributed by atoms with Gasteiger partial charge in [0.25, 0.3) is 5.91 Å². The molecule has 144 valence electrons. The number of rotatable bonds is 5. The highest BCUT2D eigenvalue weighted by Crippen LogP contribution is 2.27.